The summed E-state index contributed by atoms with van der Waals surface area (Å²) in [5.41, 5.74) is 0.678. The van der Waals surface area contributed by atoms with Crippen LogP contribution in [0, 0.1) is 0 Å². The van der Waals surface area contributed by atoms with E-state index in [1.165, 1.54) is 0 Å². The first-order chi connectivity index (χ1) is 7.18. The molecule has 0 spiro atoms. The maximum atomic E-state index is 12.1. The van der Waals surface area contributed by atoms with Crippen molar-refractivity contribution < 1.29 is 4.79 Å². The molecule has 2 rings (SSSR count). The molecule has 4 heteroatoms. The molecular weight excluding hydrogens is 230 g/mol. The second-order valence-corrected chi connectivity index (χ2v) is 5.34. The summed E-state index contributed by atoms with van der Waals surface area (Å²) in [5.74, 6) is 1.10. The Balaban J connectivity index is 2.20. The van der Waals surface area contributed by atoms with Crippen LogP contribution in [0.3, 0.4) is 0 Å². The van der Waals surface area contributed by atoms with Crippen molar-refractivity contribution in [1.82, 2.24) is 4.90 Å². The Morgan fingerprint density at radius 1 is 1.60 bits per heavy atom. The molecule has 0 saturated carbocycles. The fourth-order valence-corrected chi connectivity index (χ4v) is 2.86. The van der Waals surface area contributed by atoms with Crippen LogP contribution < -0.4 is 0 Å². The van der Waals surface area contributed by atoms with Crippen LogP contribution in [-0.2, 0) is 0 Å². The fourth-order valence-electron chi connectivity index (χ4n) is 1.65. The molecule has 1 aromatic rings. The lowest BCUT2D eigenvalue weighted by molar-refractivity contribution is 0.0768. The quantitative estimate of drug-likeness (QED) is 0.754. The van der Waals surface area contributed by atoms with Gasteiger partial charge in [0, 0.05) is 22.9 Å². The normalized spacial score (nSPS) is 20.7. The van der Waals surface area contributed by atoms with Gasteiger partial charge in [0.25, 0.3) is 5.91 Å². The van der Waals surface area contributed by atoms with Crippen molar-refractivity contribution in [1.29, 1.82) is 0 Å². The van der Waals surface area contributed by atoms with Crippen LogP contribution in [0.5, 0.6) is 0 Å². The van der Waals surface area contributed by atoms with Gasteiger partial charge < -0.3 is 4.90 Å². The van der Waals surface area contributed by atoms with Gasteiger partial charge in [-0.25, -0.2) is 0 Å². The van der Waals surface area contributed by atoms with E-state index < -0.39 is 0 Å². The van der Waals surface area contributed by atoms with Gasteiger partial charge in [0.15, 0.2) is 0 Å². The number of carbonyl (C=O) groups excluding carboxylic acids is 1. The molecule has 1 aliphatic rings. The minimum Gasteiger partial charge on any atom is -0.326 e. The molecule has 0 bridgehead atoms. The summed E-state index contributed by atoms with van der Waals surface area (Å²) in [6, 6.07) is 7.12. The summed E-state index contributed by atoms with van der Waals surface area (Å²) < 4.78 is 0. The molecule has 0 N–H and O–H groups in total. The Hall–Kier alpha value is -0.670. The molecule has 2 nitrogen and oxygen atoms in total. The summed E-state index contributed by atoms with van der Waals surface area (Å²) in [7, 11) is 0. The Bertz CT molecular complexity index is 383. The molecular formula is C11H12ClNOS. The fraction of sp³-hybridized carbons (Fsp3) is 0.364. The van der Waals surface area contributed by atoms with E-state index in [0.717, 1.165) is 12.3 Å². The van der Waals surface area contributed by atoms with E-state index in [-0.39, 0.29) is 11.3 Å². The molecule has 1 unspecified atom stereocenters. The first-order valence-electron chi connectivity index (χ1n) is 4.86. The molecule has 1 aliphatic heterocycles. The molecule has 1 saturated heterocycles. The Morgan fingerprint density at radius 3 is 3.00 bits per heavy atom. The average Bonchev–Trinajstić information content (AvgIpc) is 2.63. The number of benzene rings is 1. The predicted molar refractivity (Wildman–Crippen MR) is 64.4 cm³/mol. The highest BCUT2D eigenvalue weighted by atomic mass is 35.5. The molecule has 0 aromatic heterocycles. The maximum absolute atomic E-state index is 12.1. The molecule has 0 aliphatic carbocycles. The second kappa shape index (κ2) is 4.45. The van der Waals surface area contributed by atoms with Gasteiger partial charge in [-0.3, -0.25) is 4.79 Å². The number of thioether (sulfide) groups is 1. The van der Waals surface area contributed by atoms with E-state index in [9.17, 15) is 4.79 Å². The molecule has 1 amide bonds. The van der Waals surface area contributed by atoms with Crippen LogP contribution in [0.15, 0.2) is 24.3 Å². The first kappa shape index (κ1) is 10.8. The zero-order valence-electron chi connectivity index (χ0n) is 8.44. The Kier molecular flexibility index (Phi) is 3.22. The third-order valence-electron chi connectivity index (χ3n) is 2.46. The molecule has 1 heterocycles. The van der Waals surface area contributed by atoms with E-state index >= 15 is 0 Å². The van der Waals surface area contributed by atoms with E-state index in [0.29, 0.717) is 10.6 Å². The zero-order chi connectivity index (χ0) is 10.8. The monoisotopic (exact) mass is 241 g/mol. The van der Waals surface area contributed by atoms with Crippen LogP contribution in [0.1, 0.15) is 17.3 Å². The zero-order valence-corrected chi connectivity index (χ0v) is 10.0. The van der Waals surface area contributed by atoms with Crippen LogP contribution in [0.2, 0.25) is 5.02 Å². The third kappa shape index (κ3) is 2.29. The number of amides is 1. The van der Waals surface area contributed by atoms with E-state index in [4.69, 9.17) is 11.6 Å². The summed E-state index contributed by atoms with van der Waals surface area (Å²) in [4.78, 5) is 13.9. The number of hydrogen-bond donors (Lipinski definition) is 0. The van der Waals surface area contributed by atoms with Gasteiger partial charge >= 0.3 is 0 Å². The van der Waals surface area contributed by atoms with Crippen LogP contribution >= 0.6 is 23.4 Å². The van der Waals surface area contributed by atoms with Crippen molar-refractivity contribution in [2.45, 2.75) is 12.3 Å². The maximum Gasteiger partial charge on any atom is 0.254 e. The number of nitrogens with zero attached hydrogens (tertiary/aromatic N) is 1. The highest BCUT2D eigenvalue weighted by Crippen LogP contribution is 2.25. The van der Waals surface area contributed by atoms with E-state index in [2.05, 4.69) is 6.92 Å². The van der Waals surface area contributed by atoms with E-state index in [1.807, 2.05) is 17.0 Å². The van der Waals surface area contributed by atoms with Crippen LogP contribution in [0.4, 0.5) is 0 Å². The number of halogens is 1. The lowest BCUT2D eigenvalue weighted by atomic mass is 10.2. The average molecular weight is 242 g/mol. The summed E-state index contributed by atoms with van der Waals surface area (Å²) >= 11 is 7.66. The van der Waals surface area contributed by atoms with Crippen LogP contribution in [0.25, 0.3) is 0 Å². The lowest BCUT2D eigenvalue weighted by Crippen LogP contribution is -2.33. The topological polar surface area (TPSA) is 20.3 Å². The largest absolute Gasteiger partial charge is 0.326 e. The molecule has 1 fully saturated rings. The number of rotatable bonds is 1. The van der Waals surface area contributed by atoms with Crippen LogP contribution in [-0.4, -0.2) is 28.5 Å². The van der Waals surface area contributed by atoms with Crippen molar-refractivity contribution in [2.75, 3.05) is 12.3 Å². The van der Waals surface area contributed by atoms with Gasteiger partial charge in [-0.15, -0.1) is 11.8 Å². The molecule has 80 valence electrons. The Labute approximate surface area is 98.6 Å². The lowest BCUT2D eigenvalue weighted by Gasteiger charge is -2.20. The van der Waals surface area contributed by atoms with Crippen molar-refractivity contribution in [3.05, 3.63) is 34.9 Å². The highest BCUT2D eigenvalue weighted by Gasteiger charge is 2.26. The van der Waals surface area contributed by atoms with E-state index in [1.54, 1.807) is 23.9 Å². The summed E-state index contributed by atoms with van der Waals surface area (Å²) in [5, 5.41) is 0.886. The van der Waals surface area contributed by atoms with Crippen molar-refractivity contribution in [2.24, 2.45) is 0 Å². The van der Waals surface area contributed by atoms with Gasteiger partial charge in [0.05, 0.1) is 5.37 Å². The summed E-state index contributed by atoms with van der Waals surface area (Å²) in [6.45, 7) is 2.89. The number of hydrogen-bond acceptors (Lipinski definition) is 2. The minimum atomic E-state index is 0.0787. The van der Waals surface area contributed by atoms with Gasteiger partial charge in [-0.1, -0.05) is 17.7 Å². The summed E-state index contributed by atoms with van der Waals surface area (Å²) in [6.07, 6.45) is 0. The van der Waals surface area contributed by atoms with Gasteiger partial charge in [-0.2, -0.15) is 0 Å². The van der Waals surface area contributed by atoms with Crippen molar-refractivity contribution in [3.8, 4) is 0 Å². The smallest absolute Gasteiger partial charge is 0.254 e. The third-order valence-corrected chi connectivity index (χ3v) is 3.85. The highest BCUT2D eigenvalue weighted by molar-refractivity contribution is 8.00. The molecule has 1 atom stereocenters. The predicted octanol–water partition coefficient (Wildman–Crippen LogP) is 2.88. The molecule has 15 heavy (non-hydrogen) atoms. The van der Waals surface area contributed by atoms with Crippen molar-refractivity contribution >= 4 is 29.3 Å². The van der Waals surface area contributed by atoms with Gasteiger partial charge in [-0.05, 0) is 25.1 Å². The molecule has 1 aromatic carbocycles. The Morgan fingerprint density at radius 2 is 2.40 bits per heavy atom. The molecule has 0 radical (unpaired) electrons. The number of carbonyl (C=O) groups is 1. The van der Waals surface area contributed by atoms with Gasteiger partial charge in [0.1, 0.15) is 0 Å². The van der Waals surface area contributed by atoms with Crippen molar-refractivity contribution in [3.63, 3.8) is 0 Å². The first-order valence-corrected chi connectivity index (χ1v) is 6.29. The van der Waals surface area contributed by atoms with Gasteiger partial charge in [0.2, 0.25) is 0 Å². The minimum absolute atomic E-state index is 0.0787. The SMILES string of the molecule is CC1SCCN1C(=O)c1cccc(Cl)c1. The standard InChI is InChI=1S/C11H12ClNOS/c1-8-13(5-6-15-8)11(14)9-3-2-4-10(12)7-9/h2-4,7-8H,5-6H2,1H3. The second-order valence-electron chi connectivity index (χ2n) is 3.48.